The van der Waals surface area contributed by atoms with Gasteiger partial charge in [-0.3, -0.25) is 4.79 Å². The van der Waals surface area contributed by atoms with Crippen molar-refractivity contribution < 1.29 is 39.4 Å². The van der Waals surface area contributed by atoms with Crippen LogP contribution in [0.25, 0.3) is 10.2 Å². The van der Waals surface area contributed by atoms with Crippen LogP contribution in [0.5, 0.6) is 11.5 Å². The molecule has 1 saturated heterocycles. The van der Waals surface area contributed by atoms with Gasteiger partial charge in [-0.25, -0.2) is 4.98 Å². The van der Waals surface area contributed by atoms with E-state index >= 15 is 0 Å². The zero-order chi connectivity index (χ0) is 22.4. The molecule has 1 fully saturated rings. The summed E-state index contributed by atoms with van der Waals surface area (Å²) in [5.41, 5.74) is 1.45. The molecule has 168 valence electrons. The summed E-state index contributed by atoms with van der Waals surface area (Å²) < 4.78 is 16.9. The minimum atomic E-state index is -1.49. The lowest BCUT2D eigenvalue weighted by Crippen LogP contribution is -2.55. The number of carbonyl (C=O) groups excluding carboxylic acids is 1. The largest absolute Gasteiger partial charge is 0.454 e. The molecule has 5 rings (SSSR count). The van der Waals surface area contributed by atoms with E-state index in [1.165, 1.54) is 11.3 Å². The lowest BCUT2D eigenvalue weighted by Gasteiger charge is -2.39. The number of aliphatic hydroxyl groups excluding tert-OH is 4. The molecule has 3 heterocycles. The molecule has 32 heavy (non-hydrogen) atoms. The number of rotatable bonds is 4. The van der Waals surface area contributed by atoms with Gasteiger partial charge < -0.3 is 40.0 Å². The van der Waals surface area contributed by atoms with Crippen LogP contribution in [0, 0.1) is 0 Å². The van der Waals surface area contributed by atoms with Crippen molar-refractivity contribution in [2.45, 2.75) is 30.5 Å². The lowest BCUT2D eigenvalue weighted by molar-refractivity contribution is -0.231. The number of aromatic nitrogens is 1. The second-order valence-electron chi connectivity index (χ2n) is 7.51. The standard InChI is InChI=1S/C21H20N2O8S/c24-7-14-16(25)17(26)18(27)19(31-14)21-23-11-5-9(1-4-15(11)32-21)20(28)22-10-2-3-12-13(6-10)30-8-29-12/h1-6,14,16-19,24-27H,7-8H2,(H,22,28)/t14-,16+,17+,18-,19-/m1/s1. The van der Waals surface area contributed by atoms with Crippen molar-refractivity contribution in [1.82, 2.24) is 4.98 Å². The van der Waals surface area contributed by atoms with Crippen LogP contribution in [0.4, 0.5) is 5.69 Å². The molecular weight excluding hydrogens is 440 g/mol. The predicted molar refractivity (Wildman–Crippen MR) is 113 cm³/mol. The average Bonchev–Trinajstić information content (AvgIpc) is 3.43. The van der Waals surface area contributed by atoms with E-state index in [1.54, 1.807) is 36.4 Å². The number of aliphatic hydroxyl groups is 4. The maximum atomic E-state index is 12.7. The number of nitrogens with zero attached hydrogens (tertiary/aromatic N) is 1. The van der Waals surface area contributed by atoms with Crippen molar-refractivity contribution in [1.29, 1.82) is 0 Å². The highest BCUT2D eigenvalue weighted by molar-refractivity contribution is 7.18. The molecule has 5 N–H and O–H groups in total. The van der Waals surface area contributed by atoms with Crippen molar-refractivity contribution in [3.63, 3.8) is 0 Å². The van der Waals surface area contributed by atoms with Crippen molar-refractivity contribution in [3.8, 4) is 11.5 Å². The lowest BCUT2D eigenvalue weighted by atomic mass is 9.95. The molecule has 10 nitrogen and oxygen atoms in total. The topological polar surface area (TPSA) is 151 Å². The summed E-state index contributed by atoms with van der Waals surface area (Å²) in [4.78, 5) is 17.2. The van der Waals surface area contributed by atoms with Gasteiger partial charge in [0.05, 0.1) is 16.8 Å². The molecule has 2 aromatic carbocycles. The summed E-state index contributed by atoms with van der Waals surface area (Å²) in [5, 5.41) is 42.9. The van der Waals surface area contributed by atoms with Gasteiger partial charge in [-0.2, -0.15) is 0 Å². The molecule has 1 aromatic heterocycles. The molecule has 0 aliphatic carbocycles. The van der Waals surface area contributed by atoms with Gasteiger partial charge in [0.2, 0.25) is 6.79 Å². The Morgan fingerprint density at radius 2 is 1.88 bits per heavy atom. The van der Waals surface area contributed by atoms with Crippen LogP contribution in [0.2, 0.25) is 0 Å². The van der Waals surface area contributed by atoms with Crippen molar-refractivity contribution in [2.24, 2.45) is 0 Å². The van der Waals surface area contributed by atoms with Gasteiger partial charge in [-0.05, 0) is 30.3 Å². The van der Waals surface area contributed by atoms with Gasteiger partial charge in [0, 0.05) is 17.3 Å². The monoisotopic (exact) mass is 460 g/mol. The number of fused-ring (bicyclic) bond motifs is 2. The first-order valence-electron chi connectivity index (χ1n) is 9.86. The van der Waals surface area contributed by atoms with Gasteiger partial charge in [-0.1, -0.05) is 0 Å². The van der Waals surface area contributed by atoms with Crippen LogP contribution in [-0.4, -0.2) is 69.1 Å². The zero-order valence-corrected chi connectivity index (χ0v) is 17.4. The van der Waals surface area contributed by atoms with E-state index in [-0.39, 0.29) is 12.7 Å². The average molecular weight is 460 g/mol. The second-order valence-corrected chi connectivity index (χ2v) is 8.57. The first-order chi connectivity index (χ1) is 15.4. The van der Waals surface area contributed by atoms with Crippen LogP contribution in [0.3, 0.4) is 0 Å². The van der Waals surface area contributed by atoms with Crippen LogP contribution in [-0.2, 0) is 4.74 Å². The highest BCUT2D eigenvalue weighted by Gasteiger charge is 2.45. The van der Waals surface area contributed by atoms with E-state index < -0.39 is 37.1 Å². The van der Waals surface area contributed by atoms with Crippen molar-refractivity contribution in [2.75, 3.05) is 18.7 Å². The summed E-state index contributed by atoms with van der Waals surface area (Å²) in [6.45, 7) is -0.374. The highest BCUT2D eigenvalue weighted by Crippen LogP contribution is 2.37. The molecule has 1 amide bonds. The van der Waals surface area contributed by atoms with E-state index in [2.05, 4.69) is 10.3 Å². The fourth-order valence-corrected chi connectivity index (χ4v) is 4.72. The quantitative estimate of drug-likeness (QED) is 0.381. The Kier molecular flexibility index (Phi) is 5.45. The molecule has 0 unspecified atom stereocenters. The number of hydrogen-bond acceptors (Lipinski definition) is 10. The normalized spacial score (nSPS) is 26.9. The van der Waals surface area contributed by atoms with Gasteiger partial charge in [0.15, 0.2) is 11.5 Å². The zero-order valence-electron chi connectivity index (χ0n) is 16.5. The number of ether oxygens (including phenoxy) is 3. The van der Waals surface area contributed by atoms with Crippen molar-refractivity contribution in [3.05, 3.63) is 47.0 Å². The fourth-order valence-electron chi connectivity index (χ4n) is 3.69. The third-order valence-corrected chi connectivity index (χ3v) is 6.53. The maximum Gasteiger partial charge on any atom is 0.255 e. The van der Waals surface area contributed by atoms with E-state index in [0.29, 0.717) is 33.3 Å². The number of carbonyl (C=O) groups is 1. The molecule has 2 aliphatic heterocycles. The first kappa shape index (κ1) is 21.1. The molecule has 2 aliphatic rings. The van der Waals surface area contributed by atoms with E-state index in [4.69, 9.17) is 14.2 Å². The Bertz CT molecular complexity index is 1170. The van der Waals surface area contributed by atoms with Gasteiger partial charge in [0.1, 0.15) is 35.5 Å². The molecule has 0 bridgehead atoms. The SMILES string of the molecule is O=C(Nc1ccc2c(c1)OCO2)c1ccc2sc([C@@H]3O[C@H](CO)[C@H](O)[C@H](O)[C@H]3O)nc2c1. The smallest absolute Gasteiger partial charge is 0.255 e. The number of nitrogens with one attached hydrogen (secondary N) is 1. The van der Waals surface area contributed by atoms with Crippen LogP contribution in [0.1, 0.15) is 21.5 Å². The minimum absolute atomic E-state index is 0.143. The number of benzene rings is 2. The summed E-state index contributed by atoms with van der Waals surface area (Å²) in [6, 6.07) is 10.1. The molecule has 11 heteroatoms. The maximum absolute atomic E-state index is 12.7. The highest BCUT2D eigenvalue weighted by atomic mass is 32.1. The summed E-state index contributed by atoms with van der Waals surface area (Å²) >= 11 is 1.23. The van der Waals surface area contributed by atoms with E-state index in [9.17, 15) is 25.2 Å². The molecule has 3 aromatic rings. The molecule has 0 saturated carbocycles. The van der Waals surface area contributed by atoms with Gasteiger partial charge >= 0.3 is 0 Å². The summed E-state index contributed by atoms with van der Waals surface area (Å²) in [5.74, 6) is 0.836. The van der Waals surface area contributed by atoms with Crippen molar-refractivity contribution >= 4 is 33.1 Å². The fraction of sp³-hybridized carbons (Fsp3) is 0.333. The number of hydrogen-bond donors (Lipinski definition) is 5. The van der Waals surface area contributed by atoms with Crippen LogP contribution in [0.15, 0.2) is 36.4 Å². The molecule has 0 radical (unpaired) electrons. The Labute approximate surface area is 185 Å². The predicted octanol–water partition coefficient (Wildman–Crippen LogP) is 0.792. The Morgan fingerprint density at radius 3 is 2.69 bits per heavy atom. The first-order valence-corrected chi connectivity index (χ1v) is 10.7. The molecule has 0 spiro atoms. The summed E-state index contributed by atoms with van der Waals surface area (Å²) in [7, 11) is 0. The minimum Gasteiger partial charge on any atom is -0.454 e. The second kappa shape index (κ2) is 8.28. The third-order valence-electron chi connectivity index (χ3n) is 5.43. The van der Waals surface area contributed by atoms with Crippen LogP contribution < -0.4 is 14.8 Å². The molecule has 5 atom stereocenters. The number of amides is 1. The Balaban J connectivity index is 1.37. The number of anilines is 1. The number of thiazole rings is 1. The van der Waals surface area contributed by atoms with Gasteiger partial charge in [0.25, 0.3) is 5.91 Å². The van der Waals surface area contributed by atoms with Crippen LogP contribution >= 0.6 is 11.3 Å². The summed E-state index contributed by atoms with van der Waals surface area (Å²) in [6.07, 6.45) is -6.38. The Hall–Kier alpha value is -2.80. The van der Waals surface area contributed by atoms with E-state index in [0.717, 1.165) is 4.70 Å². The molecular formula is C21H20N2O8S. The third kappa shape index (κ3) is 3.68. The Morgan fingerprint density at radius 1 is 1.06 bits per heavy atom. The van der Waals surface area contributed by atoms with E-state index in [1.807, 2.05) is 0 Å². The van der Waals surface area contributed by atoms with Gasteiger partial charge in [-0.15, -0.1) is 11.3 Å².